The van der Waals surface area contributed by atoms with Gasteiger partial charge < -0.3 is 4.74 Å². The van der Waals surface area contributed by atoms with Crippen molar-refractivity contribution in [2.45, 2.75) is 26.7 Å². The minimum Gasteiger partial charge on any atom is -0.466 e. The normalized spacial score (nSPS) is 8.62. The van der Waals surface area contributed by atoms with Crippen molar-refractivity contribution < 1.29 is 9.53 Å². The summed E-state index contributed by atoms with van der Waals surface area (Å²) in [6.07, 6.45) is 3.23. The van der Waals surface area contributed by atoms with E-state index in [2.05, 4.69) is 6.58 Å². The fraction of sp³-hybridized carbons (Fsp3) is 0.357. The number of hydrogen-bond acceptors (Lipinski definition) is 2. The van der Waals surface area contributed by atoms with Crippen molar-refractivity contribution in [2.24, 2.45) is 0 Å². The molecule has 1 aromatic rings. The highest BCUT2D eigenvalue weighted by atomic mass is 16.5. The Hall–Kier alpha value is -1.57. The lowest BCUT2D eigenvalue weighted by Gasteiger charge is -1.97. The standard InChI is InChI=1S/C8H8.C6H12O2/c1-2-8-6-4-3-5-7-8;1-3-5-8-6(7)4-2/h2-7H,1H2;3-5H2,1-2H3. The van der Waals surface area contributed by atoms with Gasteiger partial charge in [0.05, 0.1) is 6.61 Å². The molecule has 1 rings (SSSR count). The molecule has 16 heavy (non-hydrogen) atoms. The summed E-state index contributed by atoms with van der Waals surface area (Å²) in [5, 5.41) is 0. The van der Waals surface area contributed by atoms with Gasteiger partial charge in [0.15, 0.2) is 0 Å². The van der Waals surface area contributed by atoms with Gasteiger partial charge in [0.2, 0.25) is 0 Å². The van der Waals surface area contributed by atoms with E-state index in [0.717, 1.165) is 6.42 Å². The third-order valence-corrected chi connectivity index (χ3v) is 1.79. The summed E-state index contributed by atoms with van der Waals surface area (Å²) in [6, 6.07) is 10.0. The van der Waals surface area contributed by atoms with E-state index in [1.165, 1.54) is 5.56 Å². The number of carbonyl (C=O) groups is 1. The van der Waals surface area contributed by atoms with Crippen LogP contribution in [-0.4, -0.2) is 12.6 Å². The van der Waals surface area contributed by atoms with Crippen LogP contribution in [0.25, 0.3) is 6.08 Å². The van der Waals surface area contributed by atoms with Crippen LogP contribution in [0.2, 0.25) is 0 Å². The molecule has 1 aromatic carbocycles. The molecule has 0 saturated carbocycles. The van der Waals surface area contributed by atoms with Crippen LogP contribution >= 0.6 is 0 Å². The smallest absolute Gasteiger partial charge is 0.305 e. The van der Waals surface area contributed by atoms with Gasteiger partial charge in [-0.05, 0) is 12.0 Å². The maximum absolute atomic E-state index is 10.3. The predicted octanol–water partition coefficient (Wildman–Crippen LogP) is 3.68. The molecule has 0 bridgehead atoms. The molecule has 0 saturated heterocycles. The zero-order valence-electron chi connectivity index (χ0n) is 10.1. The number of benzene rings is 1. The lowest BCUT2D eigenvalue weighted by molar-refractivity contribution is -0.143. The monoisotopic (exact) mass is 220 g/mol. The zero-order valence-corrected chi connectivity index (χ0v) is 10.1. The van der Waals surface area contributed by atoms with Crippen LogP contribution in [0.1, 0.15) is 32.3 Å². The van der Waals surface area contributed by atoms with Crippen molar-refractivity contribution in [3.05, 3.63) is 42.5 Å². The topological polar surface area (TPSA) is 26.3 Å². The van der Waals surface area contributed by atoms with Gasteiger partial charge in [-0.2, -0.15) is 0 Å². The van der Waals surface area contributed by atoms with E-state index in [0.29, 0.717) is 13.0 Å². The quantitative estimate of drug-likeness (QED) is 0.723. The van der Waals surface area contributed by atoms with Crippen molar-refractivity contribution in [3.63, 3.8) is 0 Å². The van der Waals surface area contributed by atoms with Crippen LogP contribution < -0.4 is 0 Å². The molecular weight excluding hydrogens is 200 g/mol. The molecule has 0 aromatic heterocycles. The van der Waals surface area contributed by atoms with Crippen molar-refractivity contribution >= 4 is 12.0 Å². The van der Waals surface area contributed by atoms with Crippen LogP contribution in [0.3, 0.4) is 0 Å². The fourth-order valence-electron chi connectivity index (χ4n) is 0.907. The summed E-state index contributed by atoms with van der Waals surface area (Å²) in [7, 11) is 0. The third-order valence-electron chi connectivity index (χ3n) is 1.79. The molecule has 0 aliphatic carbocycles. The molecule has 2 nitrogen and oxygen atoms in total. The third kappa shape index (κ3) is 7.80. The number of esters is 1. The summed E-state index contributed by atoms with van der Waals surface area (Å²) >= 11 is 0. The highest BCUT2D eigenvalue weighted by Gasteiger charge is 1.93. The van der Waals surface area contributed by atoms with Crippen molar-refractivity contribution in [1.82, 2.24) is 0 Å². The van der Waals surface area contributed by atoms with Gasteiger partial charge in [-0.1, -0.05) is 56.8 Å². The fourth-order valence-corrected chi connectivity index (χ4v) is 0.907. The Kier molecular flexibility index (Phi) is 8.99. The molecule has 0 N–H and O–H groups in total. The molecule has 0 radical (unpaired) electrons. The van der Waals surface area contributed by atoms with Gasteiger partial charge in [-0.25, -0.2) is 0 Å². The van der Waals surface area contributed by atoms with Crippen molar-refractivity contribution in [1.29, 1.82) is 0 Å². The number of ether oxygens (including phenoxy) is 1. The SMILES string of the molecule is C=Cc1ccccc1.CCCOC(=O)CC. The van der Waals surface area contributed by atoms with Crippen molar-refractivity contribution in [2.75, 3.05) is 6.61 Å². The molecule has 0 spiro atoms. The number of carbonyl (C=O) groups excluding carboxylic acids is 1. The first-order valence-corrected chi connectivity index (χ1v) is 5.57. The molecule has 0 unspecified atom stereocenters. The van der Waals surface area contributed by atoms with E-state index in [1.54, 1.807) is 6.92 Å². The zero-order chi connectivity index (χ0) is 12.2. The predicted molar refractivity (Wildman–Crippen MR) is 68.1 cm³/mol. The Morgan fingerprint density at radius 3 is 2.31 bits per heavy atom. The van der Waals surface area contributed by atoms with E-state index in [1.807, 2.05) is 43.3 Å². The van der Waals surface area contributed by atoms with E-state index >= 15 is 0 Å². The molecule has 0 aliphatic rings. The van der Waals surface area contributed by atoms with Crippen LogP contribution in [0.15, 0.2) is 36.9 Å². The van der Waals surface area contributed by atoms with E-state index in [4.69, 9.17) is 4.74 Å². The minimum absolute atomic E-state index is 0.105. The van der Waals surface area contributed by atoms with Gasteiger partial charge in [-0.3, -0.25) is 4.79 Å². The summed E-state index contributed by atoms with van der Waals surface area (Å²) in [5.41, 5.74) is 1.17. The van der Waals surface area contributed by atoms with E-state index in [9.17, 15) is 4.79 Å². The Balaban J connectivity index is 0.000000281. The first kappa shape index (κ1) is 14.4. The van der Waals surface area contributed by atoms with Crippen LogP contribution in [0, 0.1) is 0 Å². The highest BCUT2D eigenvalue weighted by molar-refractivity contribution is 5.68. The Labute approximate surface area is 97.9 Å². The molecule has 0 aliphatic heterocycles. The maximum atomic E-state index is 10.3. The van der Waals surface area contributed by atoms with E-state index in [-0.39, 0.29) is 5.97 Å². The minimum atomic E-state index is -0.105. The number of hydrogen-bond donors (Lipinski definition) is 0. The van der Waals surface area contributed by atoms with Crippen LogP contribution in [0.5, 0.6) is 0 Å². The average molecular weight is 220 g/mol. The summed E-state index contributed by atoms with van der Waals surface area (Å²) in [4.78, 5) is 10.3. The highest BCUT2D eigenvalue weighted by Crippen LogP contribution is 1.97. The van der Waals surface area contributed by atoms with Gasteiger partial charge >= 0.3 is 5.97 Å². The molecule has 2 heteroatoms. The first-order chi connectivity index (χ1) is 7.74. The Morgan fingerprint density at radius 1 is 1.31 bits per heavy atom. The Morgan fingerprint density at radius 2 is 1.94 bits per heavy atom. The molecule has 0 atom stereocenters. The summed E-state index contributed by atoms with van der Waals surface area (Å²) in [6.45, 7) is 7.96. The van der Waals surface area contributed by atoms with Gasteiger partial charge in [0.25, 0.3) is 0 Å². The van der Waals surface area contributed by atoms with Crippen LogP contribution in [-0.2, 0) is 9.53 Å². The molecule has 88 valence electrons. The Bertz CT molecular complexity index is 291. The molecule has 0 fully saturated rings. The average Bonchev–Trinajstić information content (AvgIpc) is 2.37. The van der Waals surface area contributed by atoms with Gasteiger partial charge in [0.1, 0.15) is 0 Å². The summed E-state index contributed by atoms with van der Waals surface area (Å²) in [5.74, 6) is -0.105. The first-order valence-electron chi connectivity index (χ1n) is 5.57. The maximum Gasteiger partial charge on any atom is 0.305 e. The second kappa shape index (κ2) is 9.97. The molecule has 0 heterocycles. The largest absolute Gasteiger partial charge is 0.466 e. The second-order valence-corrected chi connectivity index (χ2v) is 3.19. The number of rotatable bonds is 4. The van der Waals surface area contributed by atoms with E-state index < -0.39 is 0 Å². The molecular formula is C14H20O2. The lowest BCUT2D eigenvalue weighted by Crippen LogP contribution is -2.02. The lowest BCUT2D eigenvalue weighted by atomic mass is 10.2. The summed E-state index contributed by atoms with van der Waals surface area (Å²) < 4.78 is 4.70. The van der Waals surface area contributed by atoms with Crippen LogP contribution in [0.4, 0.5) is 0 Å². The van der Waals surface area contributed by atoms with Gasteiger partial charge in [0, 0.05) is 6.42 Å². The van der Waals surface area contributed by atoms with Gasteiger partial charge in [-0.15, -0.1) is 0 Å². The molecule has 0 amide bonds. The second-order valence-electron chi connectivity index (χ2n) is 3.19. The van der Waals surface area contributed by atoms with Crippen molar-refractivity contribution in [3.8, 4) is 0 Å².